The Hall–Kier alpha value is -3.81. The normalized spacial score (nSPS) is 17.4. The van der Waals surface area contributed by atoms with Crippen molar-refractivity contribution in [2.75, 3.05) is 13.7 Å². The minimum Gasteiger partial charge on any atom is -0.497 e. The molecule has 8 heteroatoms. The molecule has 188 valence electrons. The smallest absolute Gasteiger partial charge is 0.417 e. The number of methoxy groups -OCH3 is 1. The van der Waals surface area contributed by atoms with Crippen LogP contribution in [0, 0.1) is 0 Å². The van der Waals surface area contributed by atoms with Crippen LogP contribution < -0.4 is 4.74 Å². The summed E-state index contributed by atoms with van der Waals surface area (Å²) in [7, 11) is 1.42. The SMILES string of the molecule is COc1ccc([C@](CCc2ccccc2)(CC(=O)N2C(=O)OC[C@@H]2c2ccccc2)C(F)(F)F)cc1. The van der Waals surface area contributed by atoms with Gasteiger partial charge in [0.1, 0.15) is 23.8 Å². The lowest BCUT2D eigenvalue weighted by molar-refractivity contribution is -0.198. The van der Waals surface area contributed by atoms with Gasteiger partial charge < -0.3 is 9.47 Å². The van der Waals surface area contributed by atoms with E-state index < -0.39 is 36.1 Å². The van der Waals surface area contributed by atoms with Crippen molar-refractivity contribution in [3.05, 3.63) is 102 Å². The fraction of sp³-hybridized carbons (Fsp3) is 0.286. The molecule has 5 nitrogen and oxygen atoms in total. The van der Waals surface area contributed by atoms with E-state index >= 15 is 0 Å². The van der Waals surface area contributed by atoms with Crippen LogP contribution in [0.5, 0.6) is 5.75 Å². The quantitative estimate of drug-likeness (QED) is 0.370. The second-order valence-electron chi connectivity index (χ2n) is 8.74. The first-order chi connectivity index (χ1) is 17.2. The molecule has 0 saturated carbocycles. The Morgan fingerprint density at radius 2 is 1.58 bits per heavy atom. The maximum Gasteiger partial charge on any atom is 0.417 e. The number of benzene rings is 3. The van der Waals surface area contributed by atoms with E-state index in [-0.39, 0.29) is 25.0 Å². The monoisotopic (exact) mass is 497 g/mol. The van der Waals surface area contributed by atoms with Crippen LogP contribution in [0.2, 0.25) is 0 Å². The average molecular weight is 498 g/mol. The Balaban J connectivity index is 1.73. The molecule has 0 aromatic heterocycles. The largest absolute Gasteiger partial charge is 0.497 e. The summed E-state index contributed by atoms with van der Waals surface area (Å²) in [4.78, 5) is 26.9. The number of aryl methyl sites for hydroxylation is 1. The van der Waals surface area contributed by atoms with Gasteiger partial charge in [0, 0.05) is 6.42 Å². The third-order valence-electron chi connectivity index (χ3n) is 6.65. The molecule has 2 atom stereocenters. The van der Waals surface area contributed by atoms with Crippen molar-refractivity contribution in [2.45, 2.75) is 36.9 Å². The first kappa shape index (κ1) is 25.3. The second kappa shape index (κ2) is 10.4. The van der Waals surface area contributed by atoms with E-state index in [1.54, 1.807) is 60.7 Å². The van der Waals surface area contributed by atoms with Gasteiger partial charge in [0.05, 0.1) is 7.11 Å². The van der Waals surface area contributed by atoms with Crippen LogP contribution in [0.4, 0.5) is 18.0 Å². The summed E-state index contributed by atoms with van der Waals surface area (Å²) in [6, 6.07) is 22.2. The number of amides is 2. The predicted molar refractivity (Wildman–Crippen MR) is 127 cm³/mol. The maximum absolute atomic E-state index is 15.0. The van der Waals surface area contributed by atoms with Gasteiger partial charge in [0.15, 0.2) is 0 Å². The lowest BCUT2D eigenvalue weighted by Crippen LogP contribution is -2.48. The zero-order chi connectivity index (χ0) is 25.8. The molecule has 0 spiro atoms. The van der Waals surface area contributed by atoms with Crippen molar-refractivity contribution >= 4 is 12.0 Å². The number of hydrogen-bond donors (Lipinski definition) is 0. The number of imide groups is 1. The minimum atomic E-state index is -4.78. The number of carbonyl (C=O) groups is 2. The summed E-state index contributed by atoms with van der Waals surface area (Å²) in [6.07, 6.45) is -6.95. The van der Waals surface area contributed by atoms with Crippen molar-refractivity contribution in [1.29, 1.82) is 0 Å². The zero-order valence-electron chi connectivity index (χ0n) is 19.7. The second-order valence-corrected chi connectivity index (χ2v) is 8.74. The van der Waals surface area contributed by atoms with Crippen LogP contribution in [0.15, 0.2) is 84.9 Å². The van der Waals surface area contributed by atoms with Gasteiger partial charge in [-0.2, -0.15) is 13.2 Å². The minimum absolute atomic E-state index is 0.0658. The van der Waals surface area contributed by atoms with E-state index in [0.29, 0.717) is 11.3 Å². The number of rotatable bonds is 8. The van der Waals surface area contributed by atoms with Gasteiger partial charge in [-0.05, 0) is 41.7 Å². The standard InChI is InChI=1S/C28H26F3NO4/c1-35-23-14-12-22(13-15-23)27(28(29,30)31,17-16-20-8-4-2-5-9-20)18-25(33)32-24(19-36-26(32)34)21-10-6-3-7-11-21/h2-15,24H,16-19H2,1H3/t24-,27+/m1/s1. The fourth-order valence-corrected chi connectivity index (χ4v) is 4.61. The number of carbonyl (C=O) groups excluding carboxylic acids is 2. The summed E-state index contributed by atoms with van der Waals surface area (Å²) >= 11 is 0. The Morgan fingerprint density at radius 1 is 0.972 bits per heavy atom. The van der Waals surface area contributed by atoms with Crippen LogP contribution in [0.1, 0.15) is 35.6 Å². The van der Waals surface area contributed by atoms with Gasteiger partial charge in [0.25, 0.3) is 0 Å². The maximum atomic E-state index is 15.0. The lowest BCUT2D eigenvalue weighted by Gasteiger charge is -2.37. The van der Waals surface area contributed by atoms with E-state index in [9.17, 15) is 22.8 Å². The molecule has 0 radical (unpaired) electrons. The number of ether oxygens (including phenoxy) is 2. The molecule has 36 heavy (non-hydrogen) atoms. The molecule has 1 fully saturated rings. The molecule has 0 N–H and O–H groups in total. The van der Waals surface area contributed by atoms with Gasteiger partial charge in [-0.15, -0.1) is 0 Å². The molecular formula is C28H26F3NO4. The molecule has 3 aromatic carbocycles. The molecule has 0 unspecified atom stereocenters. The molecule has 0 aliphatic carbocycles. The predicted octanol–water partition coefficient (Wildman–Crippen LogP) is 6.24. The molecule has 1 aliphatic heterocycles. The van der Waals surface area contributed by atoms with Gasteiger partial charge >= 0.3 is 12.3 Å². The number of halogens is 3. The van der Waals surface area contributed by atoms with E-state index in [2.05, 4.69) is 0 Å². The van der Waals surface area contributed by atoms with Crippen LogP contribution in [0.3, 0.4) is 0 Å². The molecule has 2 amide bonds. The van der Waals surface area contributed by atoms with Gasteiger partial charge in [-0.3, -0.25) is 4.79 Å². The van der Waals surface area contributed by atoms with E-state index in [0.717, 1.165) is 10.5 Å². The van der Waals surface area contributed by atoms with Crippen LogP contribution >= 0.6 is 0 Å². The first-order valence-corrected chi connectivity index (χ1v) is 11.5. The lowest BCUT2D eigenvalue weighted by atomic mass is 9.72. The molecule has 3 aromatic rings. The van der Waals surface area contributed by atoms with Gasteiger partial charge in [-0.1, -0.05) is 72.8 Å². The molecule has 1 aliphatic rings. The van der Waals surface area contributed by atoms with E-state index in [4.69, 9.17) is 9.47 Å². The highest BCUT2D eigenvalue weighted by Crippen LogP contribution is 2.48. The van der Waals surface area contributed by atoms with Crippen molar-refractivity contribution in [2.24, 2.45) is 0 Å². The summed E-state index contributed by atoms with van der Waals surface area (Å²) in [5.74, 6) is -0.538. The number of cyclic esters (lactones) is 1. The number of hydrogen-bond acceptors (Lipinski definition) is 4. The molecule has 1 saturated heterocycles. The van der Waals surface area contributed by atoms with Crippen molar-refractivity contribution in [3.63, 3.8) is 0 Å². The fourth-order valence-electron chi connectivity index (χ4n) is 4.61. The summed E-state index contributed by atoms with van der Waals surface area (Å²) in [6.45, 7) is -0.111. The van der Waals surface area contributed by atoms with E-state index in [1.807, 2.05) is 0 Å². The van der Waals surface area contributed by atoms with Crippen LogP contribution in [0.25, 0.3) is 0 Å². The van der Waals surface area contributed by atoms with Crippen molar-refractivity contribution in [1.82, 2.24) is 4.90 Å². The molecule has 0 bridgehead atoms. The third-order valence-corrected chi connectivity index (χ3v) is 6.65. The highest BCUT2D eigenvalue weighted by atomic mass is 19.4. The highest BCUT2D eigenvalue weighted by Gasteiger charge is 2.57. The third kappa shape index (κ3) is 5.08. The molecule has 1 heterocycles. The Labute approximate surface area is 207 Å². The van der Waals surface area contributed by atoms with Crippen LogP contribution in [-0.2, 0) is 21.4 Å². The molecular weight excluding hydrogens is 471 g/mol. The van der Waals surface area contributed by atoms with Gasteiger partial charge in [-0.25, -0.2) is 9.69 Å². The summed E-state index contributed by atoms with van der Waals surface area (Å²) < 4.78 is 55.2. The topological polar surface area (TPSA) is 55.8 Å². The number of nitrogens with zero attached hydrogens (tertiary/aromatic N) is 1. The Bertz CT molecular complexity index is 1180. The average Bonchev–Trinajstić information content (AvgIpc) is 3.28. The number of alkyl halides is 3. The summed E-state index contributed by atoms with van der Waals surface area (Å²) in [5, 5.41) is 0. The zero-order valence-corrected chi connectivity index (χ0v) is 19.7. The van der Waals surface area contributed by atoms with Gasteiger partial charge in [0.2, 0.25) is 5.91 Å². The molecule has 4 rings (SSSR count). The highest BCUT2D eigenvalue weighted by molar-refractivity contribution is 5.94. The van der Waals surface area contributed by atoms with E-state index in [1.165, 1.54) is 31.4 Å². The first-order valence-electron chi connectivity index (χ1n) is 11.5. The van der Waals surface area contributed by atoms with Crippen molar-refractivity contribution < 1.29 is 32.2 Å². The van der Waals surface area contributed by atoms with Crippen molar-refractivity contribution in [3.8, 4) is 5.75 Å². The Morgan fingerprint density at radius 3 is 2.17 bits per heavy atom. The van der Waals surface area contributed by atoms with Crippen LogP contribution in [-0.4, -0.2) is 36.8 Å². The summed E-state index contributed by atoms with van der Waals surface area (Å²) in [5.41, 5.74) is -1.27. The Kier molecular flexibility index (Phi) is 7.33.